The van der Waals surface area contributed by atoms with Crippen LogP contribution in [0.4, 0.5) is 0 Å². The summed E-state index contributed by atoms with van der Waals surface area (Å²) in [5, 5.41) is 0. The van der Waals surface area contributed by atoms with Crippen molar-refractivity contribution < 1.29 is 0 Å². The van der Waals surface area contributed by atoms with Crippen molar-refractivity contribution in [2.45, 2.75) is 14.8 Å². The second-order valence-corrected chi connectivity index (χ2v) is 21.3. The van der Waals surface area contributed by atoms with Crippen molar-refractivity contribution in [3.63, 3.8) is 0 Å². The molecular formula is C13H16SSn. The third kappa shape index (κ3) is 2.64. The van der Waals surface area contributed by atoms with E-state index in [0.717, 1.165) is 0 Å². The zero-order valence-electron chi connectivity index (χ0n) is 9.45. The van der Waals surface area contributed by atoms with Crippen molar-refractivity contribution in [3.8, 4) is 10.4 Å². The molecule has 0 saturated heterocycles. The van der Waals surface area contributed by atoms with E-state index in [0.29, 0.717) is 0 Å². The molecule has 1 aromatic carbocycles. The summed E-state index contributed by atoms with van der Waals surface area (Å²) in [6.45, 7) is 0. The van der Waals surface area contributed by atoms with Gasteiger partial charge in [0.25, 0.3) is 0 Å². The molecular weight excluding hydrogens is 307 g/mol. The van der Waals surface area contributed by atoms with E-state index < -0.39 is 18.4 Å². The van der Waals surface area contributed by atoms with Crippen molar-refractivity contribution in [3.05, 3.63) is 42.5 Å². The van der Waals surface area contributed by atoms with Crippen molar-refractivity contribution in [2.24, 2.45) is 0 Å². The molecule has 0 bridgehead atoms. The Labute approximate surface area is 99.8 Å². The van der Waals surface area contributed by atoms with Crippen molar-refractivity contribution in [2.75, 3.05) is 0 Å². The molecule has 0 saturated carbocycles. The van der Waals surface area contributed by atoms with Gasteiger partial charge in [0.1, 0.15) is 0 Å². The molecule has 15 heavy (non-hydrogen) atoms. The van der Waals surface area contributed by atoms with Crippen molar-refractivity contribution >= 4 is 32.6 Å². The van der Waals surface area contributed by atoms with E-state index in [1.165, 1.54) is 10.4 Å². The first-order chi connectivity index (χ1) is 7.07. The van der Waals surface area contributed by atoms with Crippen LogP contribution in [0.5, 0.6) is 0 Å². The Morgan fingerprint density at radius 3 is 2.07 bits per heavy atom. The van der Waals surface area contributed by atoms with Crippen LogP contribution in [0, 0.1) is 0 Å². The minimum atomic E-state index is -1.84. The summed E-state index contributed by atoms with van der Waals surface area (Å²) in [6.07, 6.45) is 0. The zero-order valence-corrected chi connectivity index (χ0v) is 13.1. The van der Waals surface area contributed by atoms with E-state index in [1.54, 1.807) is 2.89 Å². The van der Waals surface area contributed by atoms with E-state index >= 15 is 0 Å². The number of benzene rings is 1. The molecule has 0 aliphatic rings. The summed E-state index contributed by atoms with van der Waals surface area (Å²) >= 11 is 0.149. The molecule has 2 rings (SSSR count). The van der Waals surface area contributed by atoms with Gasteiger partial charge in [-0.1, -0.05) is 0 Å². The van der Waals surface area contributed by atoms with Crippen molar-refractivity contribution in [1.29, 1.82) is 0 Å². The summed E-state index contributed by atoms with van der Waals surface area (Å²) in [4.78, 5) is 8.82. The third-order valence-corrected chi connectivity index (χ3v) is 13.0. The molecule has 0 fully saturated rings. The van der Waals surface area contributed by atoms with Gasteiger partial charge in [0, 0.05) is 0 Å². The Hall–Kier alpha value is -0.281. The molecule has 2 aromatic rings. The summed E-state index contributed by atoms with van der Waals surface area (Å²) in [6, 6.07) is 15.3. The van der Waals surface area contributed by atoms with Crippen LogP contribution in [0.25, 0.3) is 10.4 Å². The normalized spacial score (nSPS) is 11.7. The van der Waals surface area contributed by atoms with Crippen LogP contribution in [0.2, 0.25) is 14.8 Å². The van der Waals surface area contributed by atoms with Gasteiger partial charge in [-0.15, -0.1) is 0 Å². The Morgan fingerprint density at radius 2 is 1.53 bits per heavy atom. The Bertz CT molecular complexity index is 437. The molecule has 0 spiro atoms. The van der Waals surface area contributed by atoms with Gasteiger partial charge in [0.05, 0.1) is 0 Å². The first-order valence-electron chi connectivity index (χ1n) is 5.23. The molecule has 1 heterocycles. The fraction of sp³-hybridized carbons (Fsp3) is 0.231. The van der Waals surface area contributed by atoms with Gasteiger partial charge in [-0.25, -0.2) is 0 Å². The summed E-state index contributed by atoms with van der Waals surface area (Å²) < 4.78 is 1.66. The van der Waals surface area contributed by atoms with Gasteiger partial charge >= 0.3 is 100 Å². The van der Waals surface area contributed by atoms with Crippen LogP contribution in [0.1, 0.15) is 0 Å². The van der Waals surface area contributed by atoms with Gasteiger partial charge in [0.2, 0.25) is 0 Å². The van der Waals surface area contributed by atoms with Gasteiger partial charge in [-0.2, -0.15) is 0 Å². The molecule has 0 aliphatic carbocycles. The Kier molecular flexibility index (Phi) is 3.21. The monoisotopic (exact) mass is 324 g/mol. The average molecular weight is 323 g/mol. The molecule has 0 amide bonds. The van der Waals surface area contributed by atoms with E-state index in [1.807, 2.05) is 11.3 Å². The van der Waals surface area contributed by atoms with Gasteiger partial charge in [-0.05, 0) is 0 Å². The second kappa shape index (κ2) is 4.30. The van der Waals surface area contributed by atoms with Crippen molar-refractivity contribution in [1.82, 2.24) is 0 Å². The molecule has 1 aromatic heterocycles. The molecule has 0 unspecified atom stereocenters. The molecule has 78 valence electrons. The molecule has 0 nitrogen and oxygen atoms in total. The maximum absolute atomic E-state index is 2.47. The van der Waals surface area contributed by atoms with Gasteiger partial charge < -0.3 is 0 Å². The van der Waals surface area contributed by atoms with Crippen LogP contribution in [-0.4, -0.2) is 18.4 Å². The first-order valence-corrected chi connectivity index (χ1v) is 16.0. The van der Waals surface area contributed by atoms with Crippen LogP contribution in [0.3, 0.4) is 0 Å². The fourth-order valence-electron chi connectivity index (χ4n) is 1.50. The molecule has 0 atom stereocenters. The molecule has 0 aliphatic heterocycles. The third-order valence-electron chi connectivity index (χ3n) is 2.40. The molecule has 0 radical (unpaired) electrons. The second-order valence-electron chi connectivity index (χ2n) is 4.78. The predicted octanol–water partition coefficient (Wildman–Crippen LogP) is 3.96. The number of thiophene rings is 1. The fourth-order valence-corrected chi connectivity index (χ4v) is 7.80. The first kappa shape index (κ1) is 11.2. The SMILES string of the molecule is [CH3][Sn]([CH3])([CH3])[c]1ccc(-c2ccccc2)s1. The van der Waals surface area contributed by atoms with Crippen LogP contribution < -0.4 is 2.89 Å². The number of hydrogen-bond acceptors (Lipinski definition) is 1. The topological polar surface area (TPSA) is 0 Å². The van der Waals surface area contributed by atoms with E-state index in [-0.39, 0.29) is 0 Å². The van der Waals surface area contributed by atoms with Gasteiger partial charge in [0.15, 0.2) is 0 Å². The quantitative estimate of drug-likeness (QED) is 0.734. The number of hydrogen-bond donors (Lipinski definition) is 0. The summed E-state index contributed by atoms with van der Waals surface area (Å²) in [5.41, 5.74) is 1.35. The van der Waals surface area contributed by atoms with Crippen LogP contribution in [-0.2, 0) is 0 Å². The average Bonchev–Trinajstić information content (AvgIpc) is 2.67. The molecule has 0 N–H and O–H groups in total. The Balaban J connectivity index is 2.37. The van der Waals surface area contributed by atoms with E-state index in [2.05, 4.69) is 57.3 Å². The molecule has 2 heteroatoms. The predicted molar refractivity (Wildman–Crippen MR) is 72.7 cm³/mol. The Morgan fingerprint density at radius 1 is 0.867 bits per heavy atom. The van der Waals surface area contributed by atoms with Crippen LogP contribution in [0.15, 0.2) is 42.5 Å². The van der Waals surface area contributed by atoms with E-state index in [4.69, 9.17) is 0 Å². The maximum atomic E-state index is 2.47. The summed E-state index contributed by atoms with van der Waals surface area (Å²) in [7, 11) is 0. The number of rotatable bonds is 2. The van der Waals surface area contributed by atoms with Crippen LogP contribution >= 0.6 is 11.3 Å². The summed E-state index contributed by atoms with van der Waals surface area (Å²) in [5.74, 6) is 0. The minimum absolute atomic E-state index is 1.35. The van der Waals surface area contributed by atoms with E-state index in [9.17, 15) is 0 Å². The standard InChI is InChI=1S/C10H7S.3CH3.Sn/c1-2-5-9(6-3-1)10-7-4-8-11-10;;;;/h1-7H;3*1H3;. The van der Waals surface area contributed by atoms with Gasteiger partial charge in [-0.3, -0.25) is 0 Å². The zero-order chi connectivity index (χ0) is 10.9.